The zero-order valence-corrected chi connectivity index (χ0v) is 13.8. The smallest absolute Gasteiger partial charge is 0.237 e. The third-order valence-corrected chi connectivity index (χ3v) is 4.60. The van der Waals surface area contributed by atoms with E-state index in [1.54, 1.807) is 4.90 Å². The van der Waals surface area contributed by atoms with E-state index in [0.29, 0.717) is 24.8 Å². The fraction of sp³-hybridized carbons (Fsp3) is 0.556. The molecule has 1 aliphatic rings. The number of amides is 2. The van der Waals surface area contributed by atoms with Gasteiger partial charge in [0.25, 0.3) is 0 Å². The molecule has 2 rings (SSSR count). The van der Waals surface area contributed by atoms with Gasteiger partial charge in [0.15, 0.2) is 0 Å². The lowest BCUT2D eigenvalue weighted by molar-refractivity contribution is -0.136. The molecule has 126 valence electrons. The van der Waals surface area contributed by atoms with E-state index in [0.717, 1.165) is 31.5 Å². The summed E-state index contributed by atoms with van der Waals surface area (Å²) in [6.45, 7) is 4.60. The molecule has 1 aliphatic heterocycles. The van der Waals surface area contributed by atoms with E-state index >= 15 is 0 Å². The summed E-state index contributed by atoms with van der Waals surface area (Å²) in [5.41, 5.74) is 6.33. The number of rotatable bonds is 7. The molecular weight excluding hydrogens is 290 g/mol. The van der Waals surface area contributed by atoms with E-state index in [2.05, 4.69) is 12.2 Å². The van der Waals surface area contributed by atoms with Gasteiger partial charge in [0.05, 0.1) is 6.54 Å². The number of nitrogens with two attached hydrogens (primary N) is 1. The van der Waals surface area contributed by atoms with Crippen LogP contribution in [0, 0.1) is 11.8 Å². The molecule has 0 aliphatic carbocycles. The van der Waals surface area contributed by atoms with Gasteiger partial charge in [0, 0.05) is 13.0 Å². The number of carbonyl (C=O) groups excluding carboxylic acids is 2. The van der Waals surface area contributed by atoms with Gasteiger partial charge in [-0.2, -0.15) is 0 Å². The van der Waals surface area contributed by atoms with Crippen LogP contribution in [0.25, 0.3) is 0 Å². The first kappa shape index (κ1) is 17.5. The topological polar surface area (TPSA) is 75.4 Å². The molecule has 1 saturated heterocycles. The first-order valence-electron chi connectivity index (χ1n) is 8.37. The van der Waals surface area contributed by atoms with Gasteiger partial charge in [0.2, 0.25) is 11.8 Å². The van der Waals surface area contributed by atoms with E-state index < -0.39 is 5.91 Å². The van der Waals surface area contributed by atoms with Crippen LogP contribution >= 0.6 is 0 Å². The van der Waals surface area contributed by atoms with Crippen molar-refractivity contribution in [3.63, 3.8) is 0 Å². The highest BCUT2D eigenvalue weighted by molar-refractivity contribution is 5.83. The maximum atomic E-state index is 12.6. The van der Waals surface area contributed by atoms with E-state index in [1.165, 1.54) is 0 Å². The molecule has 1 heterocycles. The standard InChI is InChI=1S/C18H27N3O2/c1-14(16-7-9-20-10-8-16)11-18(23)21(13-17(19)22)12-15-5-3-2-4-6-15/h2-6,14,16,20H,7-13H2,1H3,(H2,19,22). The van der Waals surface area contributed by atoms with E-state index in [1.807, 2.05) is 30.3 Å². The van der Waals surface area contributed by atoms with Gasteiger partial charge in [-0.25, -0.2) is 0 Å². The Balaban J connectivity index is 1.96. The molecule has 1 fully saturated rings. The van der Waals surface area contributed by atoms with Gasteiger partial charge in [-0.1, -0.05) is 37.3 Å². The molecule has 0 spiro atoms. The molecule has 5 heteroatoms. The average molecular weight is 317 g/mol. The predicted octanol–water partition coefficient (Wildman–Crippen LogP) is 1.53. The molecule has 0 bridgehead atoms. The summed E-state index contributed by atoms with van der Waals surface area (Å²) >= 11 is 0. The molecule has 23 heavy (non-hydrogen) atoms. The number of hydrogen-bond acceptors (Lipinski definition) is 3. The van der Waals surface area contributed by atoms with Gasteiger partial charge in [-0.3, -0.25) is 9.59 Å². The molecule has 2 amide bonds. The molecule has 1 unspecified atom stereocenters. The van der Waals surface area contributed by atoms with Crippen LogP contribution in [0.3, 0.4) is 0 Å². The number of benzene rings is 1. The lowest BCUT2D eigenvalue weighted by Gasteiger charge is -2.30. The number of hydrogen-bond donors (Lipinski definition) is 2. The Kier molecular flexibility index (Phi) is 6.59. The third-order valence-electron chi connectivity index (χ3n) is 4.60. The largest absolute Gasteiger partial charge is 0.368 e. The Morgan fingerprint density at radius 1 is 1.26 bits per heavy atom. The summed E-state index contributed by atoms with van der Waals surface area (Å²) in [5, 5.41) is 3.35. The van der Waals surface area contributed by atoms with Crippen LogP contribution in [0.2, 0.25) is 0 Å². The van der Waals surface area contributed by atoms with Crippen LogP contribution in [0.1, 0.15) is 31.7 Å². The van der Waals surface area contributed by atoms with Crippen molar-refractivity contribution in [3.8, 4) is 0 Å². The van der Waals surface area contributed by atoms with Crippen molar-refractivity contribution in [1.29, 1.82) is 0 Å². The summed E-state index contributed by atoms with van der Waals surface area (Å²) in [6.07, 6.45) is 2.71. The van der Waals surface area contributed by atoms with Crippen LogP contribution in [-0.4, -0.2) is 36.3 Å². The monoisotopic (exact) mass is 317 g/mol. The van der Waals surface area contributed by atoms with Crippen molar-refractivity contribution in [2.24, 2.45) is 17.6 Å². The number of carbonyl (C=O) groups is 2. The second-order valence-corrected chi connectivity index (χ2v) is 6.47. The zero-order chi connectivity index (χ0) is 16.7. The van der Waals surface area contributed by atoms with E-state index in [9.17, 15) is 9.59 Å². The first-order valence-corrected chi connectivity index (χ1v) is 8.37. The van der Waals surface area contributed by atoms with Crippen molar-refractivity contribution in [1.82, 2.24) is 10.2 Å². The maximum Gasteiger partial charge on any atom is 0.237 e. The summed E-state index contributed by atoms with van der Waals surface area (Å²) in [7, 11) is 0. The Morgan fingerprint density at radius 2 is 1.91 bits per heavy atom. The number of piperidine rings is 1. The molecule has 1 atom stereocenters. The van der Waals surface area contributed by atoms with E-state index in [-0.39, 0.29) is 12.5 Å². The summed E-state index contributed by atoms with van der Waals surface area (Å²) < 4.78 is 0. The third kappa shape index (κ3) is 5.67. The van der Waals surface area contributed by atoms with Crippen molar-refractivity contribution in [2.75, 3.05) is 19.6 Å². The number of nitrogens with zero attached hydrogens (tertiary/aromatic N) is 1. The summed E-state index contributed by atoms with van der Waals surface area (Å²) in [6, 6.07) is 9.71. The minimum atomic E-state index is -0.469. The van der Waals surface area contributed by atoms with Gasteiger partial charge in [-0.15, -0.1) is 0 Å². The van der Waals surface area contributed by atoms with Crippen molar-refractivity contribution < 1.29 is 9.59 Å². The number of nitrogens with one attached hydrogen (secondary N) is 1. The summed E-state index contributed by atoms with van der Waals surface area (Å²) in [4.78, 5) is 25.5. The quantitative estimate of drug-likeness (QED) is 0.801. The van der Waals surface area contributed by atoms with Gasteiger partial charge < -0.3 is 16.0 Å². The van der Waals surface area contributed by atoms with Crippen LogP contribution < -0.4 is 11.1 Å². The first-order chi connectivity index (χ1) is 11.1. The molecule has 0 radical (unpaired) electrons. The van der Waals surface area contributed by atoms with Crippen LogP contribution in [0.4, 0.5) is 0 Å². The van der Waals surface area contributed by atoms with Crippen LogP contribution in [0.15, 0.2) is 30.3 Å². The van der Waals surface area contributed by atoms with Gasteiger partial charge in [-0.05, 0) is 43.3 Å². The molecule has 5 nitrogen and oxygen atoms in total. The SMILES string of the molecule is CC(CC(=O)N(CC(N)=O)Cc1ccccc1)C1CCNCC1. The van der Waals surface area contributed by atoms with Crippen LogP contribution in [-0.2, 0) is 16.1 Å². The van der Waals surface area contributed by atoms with Crippen molar-refractivity contribution in [2.45, 2.75) is 32.7 Å². The normalized spacial score (nSPS) is 16.7. The maximum absolute atomic E-state index is 12.6. The molecule has 1 aromatic rings. The lowest BCUT2D eigenvalue weighted by atomic mass is 9.84. The summed E-state index contributed by atoms with van der Waals surface area (Å²) in [5.74, 6) is 0.450. The van der Waals surface area contributed by atoms with E-state index in [4.69, 9.17) is 5.73 Å². The Bertz CT molecular complexity index is 512. The predicted molar refractivity (Wildman–Crippen MR) is 90.4 cm³/mol. The highest BCUT2D eigenvalue weighted by Crippen LogP contribution is 2.25. The molecular formula is C18H27N3O2. The molecule has 3 N–H and O–H groups in total. The minimum absolute atomic E-state index is 0.0127. The molecule has 0 aromatic heterocycles. The Labute approximate surface area is 138 Å². The fourth-order valence-electron chi connectivity index (χ4n) is 3.21. The Morgan fingerprint density at radius 3 is 2.52 bits per heavy atom. The minimum Gasteiger partial charge on any atom is -0.368 e. The highest BCUT2D eigenvalue weighted by Gasteiger charge is 2.25. The average Bonchev–Trinajstić information content (AvgIpc) is 2.55. The highest BCUT2D eigenvalue weighted by atomic mass is 16.2. The van der Waals surface area contributed by atoms with Crippen molar-refractivity contribution >= 4 is 11.8 Å². The Hall–Kier alpha value is -1.88. The molecule has 1 aromatic carbocycles. The van der Waals surface area contributed by atoms with Crippen LogP contribution in [0.5, 0.6) is 0 Å². The number of primary amides is 1. The fourth-order valence-corrected chi connectivity index (χ4v) is 3.21. The second-order valence-electron chi connectivity index (χ2n) is 6.47. The second kappa shape index (κ2) is 8.67. The van der Waals surface area contributed by atoms with Gasteiger partial charge in [0.1, 0.15) is 0 Å². The van der Waals surface area contributed by atoms with Gasteiger partial charge >= 0.3 is 0 Å². The van der Waals surface area contributed by atoms with Crippen molar-refractivity contribution in [3.05, 3.63) is 35.9 Å². The molecule has 0 saturated carbocycles. The lowest BCUT2D eigenvalue weighted by Crippen LogP contribution is -2.39. The zero-order valence-electron chi connectivity index (χ0n) is 13.8.